The summed E-state index contributed by atoms with van der Waals surface area (Å²) in [6.45, 7) is 5.30. The molecular formula is C25H31N3O4. The maximum Gasteiger partial charge on any atom is 0.255 e. The number of hydrogen-bond acceptors (Lipinski definition) is 4. The molecule has 1 heterocycles. The fourth-order valence-corrected chi connectivity index (χ4v) is 3.77. The maximum atomic E-state index is 13.1. The average molecular weight is 438 g/mol. The van der Waals surface area contributed by atoms with Gasteiger partial charge in [-0.05, 0) is 61.6 Å². The molecule has 0 aromatic heterocycles. The number of ether oxygens (including phenoxy) is 1. The summed E-state index contributed by atoms with van der Waals surface area (Å²) in [6.07, 6.45) is 3.11. The molecule has 170 valence electrons. The van der Waals surface area contributed by atoms with Crippen LogP contribution in [0, 0.1) is 5.92 Å². The molecule has 1 aliphatic rings. The summed E-state index contributed by atoms with van der Waals surface area (Å²) in [6, 6.07) is 12.9. The number of nitrogens with zero attached hydrogens (tertiary/aromatic N) is 1. The van der Waals surface area contributed by atoms with Crippen LogP contribution in [0.15, 0.2) is 48.5 Å². The molecular weight excluding hydrogens is 406 g/mol. The van der Waals surface area contributed by atoms with Gasteiger partial charge in [-0.3, -0.25) is 14.4 Å². The third-order valence-corrected chi connectivity index (χ3v) is 5.66. The van der Waals surface area contributed by atoms with E-state index in [0.29, 0.717) is 22.6 Å². The first-order valence-electron chi connectivity index (χ1n) is 11.0. The Bertz CT molecular complexity index is 950. The normalized spacial score (nSPS) is 14.6. The second-order valence-corrected chi connectivity index (χ2v) is 8.31. The number of rotatable bonds is 7. The number of carbonyl (C=O) groups excluding carboxylic acids is 3. The van der Waals surface area contributed by atoms with Crippen LogP contribution in [-0.4, -0.2) is 48.9 Å². The standard InChI is InChI=1S/C25H31N3O4/c1-17(2)22(25(31)28-15-7-4-8-16-28)27-24(30)20-9-5-6-10-21(20)26-23(29)18-11-13-19(32-3)14-12-18/h5-6,9-14,17,22H,4,7-8,15-16H2,1-3H3,(H,26,29)(H,27,30)/t22-/m1/s1. The zero-order valence-corrected chi connectivity index (χ0v) is 18.9. The Hall–Kier alpha value is -3.35. The van der Waals surface area contributed by atoms with Gasteiger partial charge >= 0.3 is 0 Å². The highest BCUT2D eigenvalue weighted by molar-refractivity contribution is 6.09. The molecule has 0 unspecified atom stereocenters. The third-order valence-electron chi connectivity index (χ3n) is 5.66. The van der Waals surface area contributed by atoms with Crippen molar-refractivity contribution >= 4 is 23.4 Å². The molecule has 1 atom stereocenters. The van der Waals surface area contributed by atoms with Gasteiger partial charge in [-0.15, -0.1) is 0 Å². The van der Waals surface area contributed by atoms with Crippen LogP contribution in [-0.2, 0) is 4.79 Å². The fraction of sp³-hybridized carbons (Fsp3) is 0.400. The predicted molar refractivity (Wildman–Crippen MR) is 124 cm³/mol. The van der Waals surface area contributed by atoms with Crippen molar-refractivity contribution < 1.29 is 19.1 Å². The summed E-state index contributed by atoms with van der Waals surface area (Å²) in [5.74, 6) is -0.181. The van der Waals surface area contributed by atoms with Crippen molar-refractivity contribution in [3.63, 3.8) is 0 Å². The highest BCUT2D eigenvalue weighted by Gasteiger charge is 2.30. The van der Waals surface area contributed by atoms with E-state index in [1.165, 1.54) is 0 Å². The number of hydrogen-bond donors (Lipinski definition) is 2. The Morgan fingerprint density at radius 2 is 1.56 bits per heavy atom. The summed E-state index contributed by atoms with van der Waals surface area (Å²) in [5.41, 5.74) is 1.14. The van der Waals surface area contributed by atoms with E-state index in [4.69, 9.17) is 4.74 Å². The Kier molecular flexibility index (Phi) is 7.87. The molecule has 0 spiro atoms. The number of amides is 3. The van der Waals surface area contributed by atoms with Crippen molar-refractivity contribution in [2.45, 2.75) is 39.2 Å². The van der Waals surface area contributed by atoms with Gasteiger partial charge in [0.25, 0.3) is 11.8 Å². The zero-order chi connectivity index (χ0) is 23.1. The van der Waals surface area contributed by atoms with Crippen molar-refractivity contribution in [3.05, 3.63) is 59.7 Å². The molecule has 0 bridgehead atoms. The molecule has 1 saturated heterocycles. The molecule has 7 heteroatoms. The lowest BCUT2D eigenvalue weighted by Crippen LogP contribution is -2.52. The third kappa shape index (κ3) is 5.66. The molecule has 0 radical (unpaired) electrons. The second-order valence-electron chi connectivity index (χ2n) is 8.31. The van der Waals surface area contributed by atoms with Crippen LogP contribution >= 0.6 is 0 Å². The largest absolute Gasteiger partial charge is 0.497 e. The summed E-state index contributed by atoms with van der Waals surface area (Å²) in [5, 5.41) is 5.70. The van der Waals surface area contributed by atoms with E-state index in [0.717, 1.165) is 32.4 Å². The molecule has 2 aromatic rings. The number of nitrogens with one attached hydrogen (secondary N) is 2. The van der Waals surface area contributed by atoms with Crippen LogP contribution in [0.2, 0.25) is 0 Å². The van der Waals surface area contributed by atoms with Crippen molar-refractivity contribution in [1.82, 2.24) is 10.2 Å². The van der Waals surface area contributed by atoms with E-state index < -0.39 is 6.04 Å². The lowest BCUT2D eigenvalue weighted by atomic mass is 10.00. The summed E-state index contributed by atoms with van der Waals surface area (Å²) < 4.78 is 5.12. The average Bonchev–Trinajstić information content (AvgIpc) is 2.82. The number of carbonyl (C=O) groups is 3. The number of anilines is 1. The van der Waals surface area contributed by atoms with Crippen molar-refractivity contribution in [2.24, 2.45) is 5.92 Å². The van der Waals surface area contributed by atoms with Gasteiger partial charge in [0, 0.05) is 18.7 Å². The van der Waals surface area contributed by atoms with Crippen molar-refractivity contribution in [1.29, 1.82) is 0 Å². The second kappa shape index (κ2) is 10.8. The van der Waals surface area contributed by atoms with Gasteiger partial charge in [-0.1, -0.05) is 26.0 Å². The van der Waals surface area contributed by atoms with Gasteiger partial charge in [-0.2, -0.15) is 0 Å². The SMILES string of the molecule is COc1ccc(C(=O)Nc2ccccc2C(=O)N[C@@H](C(=O)N2CCCCC2)C(C)C)cc1. The molecule has 1 fully saturated rings. The minimum absolute atomic E-state index is 0.0483. The Morgan fingerprint density at radius 1 is 0.906 bits per heavy atom. The first-order chi connectivity index (χ1) is 15.4. The molecule has 7 nitrogen and oxygen atoms in total. The Labute approximate surface area is 189 Å². The van der Waals surface area contributed by atoms with Crippen LogP contribution in [0.4, 0.5) is 5.69 Å². The molecule has 3 rings (SSSR count). The number of piperidine rings is 1. The Morgan fingerprint density at radius 3 is 2.19 bits per heavy atom. The topological polar surface area (TPSA) is 87.7 Å². The van der Waals surface area contributed by atoms with Crippen LogP contribution in [0.25, 0.3) is 0 Å². The maximum absolute atomic E-state index is 13.1. The summed E-state index contributed by atoms with van der Waals surface area (Å²) in [7, 11) is 1.56. The van der Waals surface area contributed by atoms with Gasteiger partial charge in [0.15, 0.2) is 0 Å². The number of likely N-dealkylation sites (tertiary alicyclic amines) is 1. The lowest BCUT2D eigenvalue weighted by molar-refractivity contribution is -0.135. The number of para-hydroxylation sites is 1. The van der Waals surface area contributed by atoms with Crippen LogP contribution in [0.1, 0.15) is 53.8 Å². The molecule has 0 aliphatic carbocycles. The molecule has 2 N–H and O–H groups in total. The van der Waals surface area contributed by atoms with Gasteiger partial charge < -0.3 is 20.3 Å². The van der Waals surface area contributed by atoms with E-state index in [1.54, 1.807) is 55.6 Å². The molecule has 3 amide bonds. The van der Waals surface area contributed by atoms with E-state index in [9.17, 15) is 14.4 Å². The van der Waals surface area contributed by atoms with Gasteiger partial charge in [0.2, 0.25) is 5.91 Å². The molecule has 1 aliphatic heterocycles. The molecule has 32 heavy (non-hydrogen) atoms. The summed E-state index contributed by atoms with van der Waals surface area (Å²) in [4.78, 5) is 40.7. The van der Waals surface area contributed by atoms with Crippen molar-refractivity contribution in [3.8, 4) is 5.75 Å². The zero-order valence-electron chi connectivity index (χ0n) is 18.9. The van der Waals surface area contributed by atoms with E-state index in [-0.39, 0.29) is 23.6 Å². The van der Waals surface area contributed by atoms with Crippen LogP contribution < -0.4 is 15.4 Å². The van der Waals surface area contributed by atoms with E-state index >= 15 is 0 Å². The van der Waals surface area contributed by atoms with Gasteiger partial charge in [0.05, 0.1) is 18.4 Å². The van der Waals surface area contributed by atoms with E-state index in [1.807, 2.05) is 18.7 Å². The van der Waals surface area contributed by atoms with Crippen LogP contribution in [0.3, 0.4) is 0 Å². The predicted octanol–water partition coefficient (Wildman–Crippen LogP) is 3.71. The quantitative estimate of drug-likeness (QED) is 0.691. The first kappa shape index (κ1) is 23.3. The smallest absolute Gasteiger partial charge is 0.255 e. The minimum Gasteiger partial charge on any atom is -0.497 e. The fourth-order valence-electron chi connectivity index (χ4n) is 3.77. The van der Waals surface area contributed by atoms with E-state index in [2.05, 4.69) is 10.6 Å². The monoisotopic (exact) mass is 437 g/mol. The van der Waals surface area contributed by atoms with Crippen LogP contribution in [0.5, 0.6) is 5.75 Å². The first-order valence-corrected chi connectivity index (χ1v) is 11.0. The van der Waals surface area contributed by atoms with Gasteiger partial charge in [0.1, 0.15) is 11.8 Å². The highest BCUT2D eigenvalue weighted by atomic mass is 16.5. The van der Waals surface area contributed by atoms with Crippen molar-refractivity contribution in [2.75, 3.05) is 25.5 Å². The number of benzene rings is 2. The number of methoxy groups -OCH3 is 1. The summed E-state index contributed by atoms with van der Waals surface area (Å²) >= 11 is 0. The molecule has 2 aromatic carbocycles. The Balaban J connectivity index is 1.74. The minimum atomic E-state index is -0.619. The highest BCUT2D eigenvalue weighted by Crippen LogP contribution is 2.19. The lowest BCUT2D eigenvalue weighted by Gasteiger charge is -2.32. The van der Waals surface area contributed by atoms with Gasteiger partial charge in [-0.25, -0.2) is 0 Å². The molecule has 0 saturated carbocycles.